The van der Waals surface area contributed by atoms with Crippen molar-refractivity contribution in [2.75, 3.05) is 13.1 Å². The lowest BCUT2D eigenvalue weighted by atomic mass is 10.1. The third-order valence-electron chi connectivity index (χ3n) is 2.85. The number of aryl methyl sites for hydroxylation is 1. The van der Waals surface area contributed by atoms with E-state index in [1.165, 1.54) is 0 Å². The van der Waals surface area contributed by atoms with E-state index in [0.29, 0.717) is 36.0 Å². The van der Waals surface area contributed by atoms with Gasteiger partial charge in [-0.15, -0.1) is 0 Å². The molecule has 2 rings (SSSR count). The zero-order valence-corrected chi connectivity index (χ0v) is 10.7. The van der Waals surface area contributed by atoms with Crippen LogP contribution in [0.2, 0.25) is 10.0 Å². The quantitative estimate of drug-likeness (QED) is 0.917. The second kappa shape index (κ2) is 5.25. The van der Waals surface area contributed by atoms with Gasteiger partial charge in [0.25, 0.3) is 0 Å². The molecule has 0 saturated carbocycles. The number of benzene rings is 1. The summed E-state index contributed by atoms with van der Waals surface area (Å²) in [5.41, 5.74) is 0.883. The smallest absolute Gasteiger partial charge is 0.223 e. The Bertz CT molecular complexity index is 431. The largest absolute Gasteiger partial charge is 0.389 e. The van der Waals surface area contributed by atoms with E-state index in [0.717, 1.165) is 5.56 Å². The highest BCUT2D eigenvalue weighted by Gasteiger charge is 2.28. The van der Waals surface area contributed by atoms with Crippen molar-refractivity contribution in [2.24, 2.45) is 0 Å². The monoisotopic (exact) mass is 273 g/mol. The first kappa shape index (κ1) is 12.7. The number of carbonyl (C=O) groups is 1. The highest BCUT2D eigenvalue weighted by atomic mass is 35.5. The number of hydrogen-bond donors (Lipinski definition) is 1. The number of nitrogens with zero attached hydrogens (tertiary/aromatic N) is 1. The molecular weight excluding hydrogens is 261 g/mol. The number of β-amino-alcohol motifs (C(OH)–C–C–N with tert-alkyl or cyclic N) is 1. The average Bonchev–Trinajstić information content (AvgIpc) is 2.26. The number of halogens is 2. The van der Waals surface area contributed by atoms with Crippen LogP contribution in [0.1, 0.15) is 12.0 Å². The number of aliphatic hydroxyl groups excluding tert-OH is 1. The zero-order valence-electron chi connectivity index (χ0n) is 9.20. The number of hydrogen-bond acceptors (Lipinski definition) is 2. The van der Waals surface area contributed by atoms with E-state index in [1.54, 1.807) is 11.0 Å². The van der Waals surface area contributed by atoms with E-state index in [1.807, 2.05) is 12.1 Å². The summed E-state index contributed by atoms with van der Waals surface area (Å²) in [7, 11) is 0. The Balaban J connectivity index is 1.89. The van der Waals surface area contributed by atoms with Crippen LogP contribution in [0.3, 0.4) is 0 Å². The van der Waals surface area contributed by atoms with Gasteiger partial charge in [0.15, 0.2) is 0 Å². The molecule has 1 aromatic rings. The van der Waals surface area contributed by atoms with Gasteiger partial charge in [0.1, 0.15) is 0 Å². The maximum atomic E-state index is 11.7. The summed E-state index contributed by atoms with van der Waals surface area (Å²) in [6.07, 6.45) is 0.617. The molecule has 1 fully saturated rings. The van der Waals surface area contributed by atoms with Crippen LogP contribution in [-0.2, 0) is 11.2 Å². The van der Waals surface area contributed by atoms with Gasteiger partial charge >= 0.3 is 0 Å². The summed E-state index contributed by atoms with van der Waals surface area (Å²) < 4.78 is 0. The molecule has 1 heterocycles. The van der Waals surface area contributed by atoms with Gasteiger partial charge < -0.3 is 10.0 Å². The van der Waals surface area contributed by atoms with E-state index in [2.05, 4.69) is 0 Å². The molecule has 1 aliphatic heterocycles. The lowest BCUT2D eigenvalue weighted by Crippen LogP contribution is -2.53. The summed E-state index contributed by atoms with van der Waals surface area (Å²) in [5.74, 6) is 0.0475. The third kappa shape index (κ3) is 2.92. The van der Waals surface area contributed by atoms with Gasteiger partial charge in [-0.05, 0) is 18.1 Å². The fourth-order valence-electron chi connectivity index (χ4n) is 1.80. The molecule has 5 heteroatoms. The van der Waals surface area contributed by atoms with Crippen LogP contribution in [0.4, 0.5) is 0 Å². The van der Waals surface area contributed by atoms with Gasteiger partial charge in [0, 0.05) is 19.5 Å². The van der Waals surface area contributed by atoms with Crippen LogP contribution in [-0.4, -0.2) is 35.1 Å². The molecule has 92 valence electrons. The highest BCUT2D eigenvalue weighted by molar-refractivity contribution is 6.42. The Morgan fingerprint density at radius 3 is 2.76 bits per heavy atom. The minimum absolute atomic E-state index is 0.0475. The fourth-order valence-corrected chi connectivity index (χ4v) is 2.21. The molecule has 1 aromatic carbocycles. The van der Waals surface area contributed by atoms with E-state index in [9.17, 15) is 4.79 Å². The normalized spacial score (nSPS) is 15.8. The van der Waals surface area contributed by atoms with Crippen molar-refractivity contribution >= 4 is 29.1 Å². The van der Waals surface area contributed by atoms with Crippen LogP contribution in [0.25, 0.3) is 0 Å². The molecule has 1 N–H and O–H groups in total. The molecular formula is C12H13Cl2NO2. The molecule has 3 nitrogen and oxygen atoms in total. The molecule has 0 bridgehead atoms. The molecule has 17 heavy (non-hydrogen) atoms. The van der Waals surface area contributed by atoms with Crippen LogP contribution >= 0.6 is 23.2 Å². The Hall–Kier alpha value is -0.770. The third-order valence-corrected chi connectivity index (χ3v) is 3.71. The molecule has 0 aromatic heterocycles. The fraction of sp³-hybridized carbons (Fsp3) is 0.417. The zero-order chi connectivity index (χ0) is 12.4. The predicted octanol–water partition coefficient (Wildman–Crippen LogP) is 2.13. The van der Waals surface area contributed by atoms with Crippen molar-refractivity contribution in [3.63, 3.8) is 0 Å². The molecule has 1 saturated heterocycles. The number of aliphatic hydroxyl groups is 1. The maximum Gasteiger partial charge on any atom is 0.223 e. The van der Waals surface area contributed by atoms with Gasteiger partial charge in [-0.2, -0.15) is 0 Å². The van der Waals surface area contributed by atoms with Crippen molar-refractivity contribution in [3.8, 4) is 0 Å². The van der Waals surface area contributed by atoms with Crippen LogP contribution in [0.15, 0.2) is 18.2 Å². The van der Waals surface area contributed by atoms with Gasteiger partial charge in [0.05, 0.1) is 16.1 Å². The summed E-state index contributed by atoms with van der Waals surface area (Å²) in [6.45, 7) is 0.893. The summed E-state index contributed by atoms with van der Waals surface area (Å²) in [4.78, 5) is 13.3. The predicted molar refractivity (Wildman–Crippen MR) is 67.4 cm³/mol. The Kier molecular flexibility index (Phi) is 3.92. The summed E-state index contributed by atoms with van der Waals surface area (Å²) in [5, 5.41) is 10.1. The number of rotatable bonds is 3. The molecule has 0 spiro atoms. The lowest BCUT2D eigenvalue weighted by Gasteiger charge is -2.35. The maximum absolute atomic E-state index is 11.7. The highest BCUT2D eigenvalue weighted by Crippen LogP contribution is 2.26. The first-order valence-corrected chi connectivity index (χ1v) is 6.22. The van der Waals surface area contributed by atoms with E-state index >= 15 is 0 Å². The number of likely N-dealkylation sites (tertiary alicyclic amines) is 1. The minimum Gasteiger partial charge on any atom is -0.389 e. The van der Waals surface area contributed by atoms with Crippen LogP contribution < -0.4 is 0 Å². The van der Waals surface area contributed by atoms with Crippen molar-refractivity contribution in [2.45, 2.75) is 18.9 Å². The SMILES string of the molecule is O=C(CCc1cccc(Cl)c1Cl)N1CC(O)C1. The second-order valence-corrected chi connectivity index (χ2v) is 4.95. The molecule has 1 amide bonds. The molecule has 0 aliphatic carbocycles. The number of carbonyl (C=O) groups excluding carboxylic acids is 1. The molecule has 0 atom stereocenters. The lowest BCUT2D eigenvalue weighted by molar-refractivity contribution is -0.141. The first-order chi connectivity index (χ1) is 8.08. The summed E-state index contributed by atoms with van der Waals surface area (Å²) in [6, 6.07) is 5.41. The van der Waals surface area contributed by atoms with Gasteiger partial charge in [0.2, 0.25) is 5.91 Å². The van der Waals surface area contributed by atoms with E-state index in [4.69, 9.17) is 28.3 Å². The standard InChI is InChI=1S/C12H13Cl2NO2/c13-10-3-1-2-8(12(10)14)4-5-11(17)15-6-9(16)7-15/h1-3,9,16H,4-7H2. The summed E-state index contributed by atoms with van der Waals surface area (Å²) >= 11 is 11.9. The van der Waals surface area contributed by atoms with Crippen LogP contribution in [0, 0.1) is 0 Å². The Labute approximate surface area is 110 Å². The first-order valence-electron chi connectivity index (χ1n) is 5.46. The number of amides is 1. The van der Waals surface area contributed by atoms with Gasteiger partial charge in [-0.1, -0.05) is 35.3 Å². The van der Waals surface area contributed by atoms with Gasteiger partial charge in [-0.25, -0.2) is 0 Å². The molecule has 0 unspecified atom stereocenters. The molecule has 1 aliphatic rings. The molecule has 0 radical (unpaired) electrons. The second-order valence-electron chi connectivity index (χ2n) is 4.17. The van der Waals surface area contributed by atoms with Crippen molar-refractivity contribution in [1.82, 2.24) is 4.90 Å². The topological polar surface area (TPSA) is 40.5 Å². The Morgan fingerprint density at radius 1 is 1.41 bits per heavy atom. The van der Waals surface area contributed by atoms with Crippen molar-refractivity contribution < 1.29 is 9.90 Å². The van der Waals surface area contributed by atoms with E-state index in [-0.39, 0.29) is 12.0 Å². The van der Waals surface area contributed by atoms with Crippen molar-refractivity contribution in [1.29, 1.82) is 0 Å². The van der Waals surface area contributed by atoms with Crippen molar-refractivity contribution in [3.05, 3.63) is 33.8 Å². The minimum atomic E-state index is -0.353. The van der Waals surface area contributed by atoms with Crippen LogP contribution in [0.5, 0.6) is 0 Å². The Morgan fingerprint density at radius 2 is 2.12 bits per heavy atom. The average molecular weight is 274 g/mol. The van der Waals surface area contributed by atoms with E-state index < -0.39 is 0 Å². The van der Waals surface area contributed by atoms with Gasteiger partial charge in [-0.3, -0.25) is 4.79 Å².